The number of carboxylic acid groups (broad SMARTS) is 1. The van der Waals surface area contributed by atoms with Crippen molar-refractivity contribution in [2.45, 2.75) is 6.42 Å². The van der Waals surface area contributed by atoms with E-state index in [2.05, 4.69) is 27.8 Å². The number of nitrogen functional groups attached to an aromatic ring is 1. The number of benzene rings is 1. The Bertz CT molecular complexity index is 477. The third-order valence-corrected chi connectivity index (χ3v) is 2.43. The summed E-state index contributed by atoms with van der Waals surface area (Å²) >= 11 is 9.02. The Hall–Kier alpha value is -1.18. The van der Waals surface area contributed by atoms with Crippen LogP contribution in [0.15, 0.2) is 12.1 Å². The fraction of sp³-hybridized carbons (Fsp3) is 0.182. The number of aromatic carboxylic acids is 1. The number of carboxylic acids is 1. The van der Waals surface area contributed by atoms with Crippen molar-refractivity contribution in [3.63, 3.8) is 0 Å². The number of anilines is 1. The molecule has 5 heteroatoms. The van der Waals surface area contributed by atoms with Crippen molar-refractivity contribution in [3.8, 4) is 11.8 Å². The van der Waals surface area contributed by atoms with Gasteiger partial charge >= 0.3 is 5.97 Å². The molecule has 0 aromatic heterocycles. The minimum absolute atomic E-state index is 0.0179. The van der Waals surface area contributed by atoms with Crippen LogP contribution >= 0.6 is 27.5 Å². The molecule has 1 rings (SSSR count). The Morgan fingerprint density at radius 1 is 1.56 bits per heavy atom. The highest BCUT2D eigenvalue weighted by atomic mass is 79.9. The number of rotatable bonds is 2. The van der Waals surface area contributed by atoms with E-state index < -0.39 is 5.97 Å². The molecule has 0 bridgehead atoms. The van der Waals surface area contributed by atoms with Crippen LogP contribution < -0.4 is 5.73 Å². The van der Waals surface area contributed by atoms with Gasteiger partial charge in [-0.1, -0.05) is 39.4 Å². The summed E-state index contributed by atoms with van der Waals surface area (Å²) in [7, 11) is 0. The van der Waals surface area contributed by atoms with Gasteiger partial charge in [0.2, 0.25) is 0 Å². The van der Waals surface area contributed by atoms with Crippen molar-refractivity contribution in [1.82, 2.24) is 0 Å². The van der Waals surface area contributed by atoms with Crippen LogP contribution in [-0.2, 0) is 0 Å². The van der Waals surface area contributed by atoms with Crippen LogP contribution in [0.3, 0.4) is 0 Å². The van der Waals surface area contributed by atoms with Gasteiger partial charge in [-0.15, -0.1) is 0 Å². The molecule has 0 fully saturated rings. The first-order valence-corrected chi connectivity index (χ1v) is 5.93. The first kappa shape index (κ1) is 12.9. The topological polar surface area (TPSA) is 63.3 Å². The van der Waals surface area contributed by atoms with Crippen molar-refractivity contribution in [3.05, 3.63) is 28.3 Å². The van der Waals surface area contributed by atoms with Crippen molar-refractivity contribution < 1.29 is 9.90 Å². The molecule has 0 radical (unpaired) electrons. The van der Waals surface area contributed by atoms with Crippen LogP contribution in [0.25, 0.3) is 0 Å². The zero-order valence-corrected chi connectivity index (χ0v) is 10.6. The van der Waals surface area contributed by atoms with Gasteiger partial charge in [0.25, 0.3) is 0 Å². The average molecular weight is 303 g/mol. The largest absolute Gasteiger partial charge is 0.478 e. The Morgan fingerprint density at radius 2 is 2.25 bits per heavy atom. The van der Waals surface area contributed by atoms with E-state index in [-0.39, 0.29) is 11.3 Å². The summed E-state index contributed by atoms with van der Waals surface area (Å²) in [5.41, 5.74) is 6.27. The molecule has 16 heavy (non-hydrogen) atoms. The minimum Gasteiger partial charge on any atom is -0.478 e. The fourth-order valence-corrected chi connectivity index (χ4v) is 1.52. The molecular formula is C11H9BrClNO2. The highest BCUT2D eigenvalue weighted by Crippen LogP contribution is 2.22. The van der Waals surface area contributed by atoms with E-state index in [1.807, 2.05) is 0 Å². The van der Waals surface area contributed by atoms with Gasteiger partial charge in [-0.25, -0.2) is 4.79 Å². The lowest BCUT2D eigenvalue weighted by molar-refractivity contribution is 0.0698. The van der Waals surface area contributed by atoms with E-state index in [1.54, 1.807) is 6.07 Å². The fourth-order valence-electron chi connectivity index (χ4n) is 1.10. The molecule has 0 unspecified atom stereocenters. The lowest BCUT2D eigenvalue weighted by Crippen LogP contribution is -2.04. The van der Waals surface area contributed by atoms with Gasteiger partial charge < -0.3 is 10.8 Å². The molecule has 0 atom stereocenters. The summed E-state index contributed by atoms with van der Waals surface area (Å²) in [6.07, 6.45) is 0.661. The zero-order valence-electron chi connectivity index (χ0n) is 8.26. The third kappa shape index (κ3) is 3.16. The smallest absolute Gasteiger partial charge is 0.337 e. The summed E-state index contributed by atoms with van der Waals surface area (Å²) in [5.74, 6) is 4.55. The molecule has 0 aliphatic carbocycles. The van der Waals surface area contributed by atoms with Crippen molar-refractivity contribution in [1.29, 1.82) is 0 Å². The first-order valence-electron chi connectivity index (χ1n) is 4.43. The summed E-state index contributed by atoms with van der Waals surface area (Å²) in [4.78, 5) is 10.9. The molecule has 0 aliphatic heterocycles. The van der Waals surface area contributed by atoms with Gasteiger partial charge in [-0.3, -0.25) is 0 Å². The van der Waals surface area contributed by atoms with Crippen LogP contribution in [-0.4, -0.2) is 16.4 Å². The number of carbonyl (C=O) groups is 1. The van der Waals surface area contributed by atoms with E-state index in [1.165, 1.54) is 6.07 Å². The van der Waals surface area contributed by atoms with E-state index in [0.717, 1.165) is 5.33 Å². The number of halogens is 2. The van der Waals surface area contributed by atoms with E-state index in [9.17, 15) is 4.79 Å². The van der Waals surface area contributed by atoms with Gasteiger partial charge in [0, 0.05) is 22.3 Å². The second-order valence-corrected chi connectivity index (χ2v) is 4.19. The number of nitrogens with two attached hydrogens (primary N) is 1. The van der Waals surface area contributed by atoms with Gasteiger partial charge in [-0.2, -0.15) is 0 Å². The lowest BCUT2D eigenvalue weighted by Gasteiger charge is -2.04. The van der Waals surface area contributed by atoms with Gasteiger partial charge in [-0.05, 0) is 12.1 Å². The minimum atomic E-state index is -1.11. The molecule has 84 valence electrons. The molecule has 0 spiro atoms. The van der Waals surface area contributed by atoms with Crippen molar-refractivity contribution in [2.75, 3.05) is 11.1 Å². The van der Waals surface area contributed by atoms with Crippen LogP contribution in [0.2, 0.25) is 5.02 Å². The van der Waals surface area contributed by atoms with Crippen LogP contribution in [0.4, 0.5) is 5.69 Å². The van der Waals surface area contributed by atoms with Crippen LogP contribution in [0.1, 0.15) is 22.3 Å². The zero-order chi connectivity index (χ0) is 12.1. The molecule has 0 amide bonds. The molecule has 1 aromatic carbocycles. The molecule has 3 nitrogen and oxygen atoms in total. The summed E-state index contributed by atoms with van der Waals surface area (Å²) in [6, 6.07) is 2.87. The maximum absolute atomic E-state index is 10.9. The monoisotopic (exact) mass is 301 g/mol. The molecule has 1 aromatic rings. The molecular weight excluding hydrogens is 293 g/mol. The van der Waals surface area contributed by atoms with Gasteiger partial charge in [0.15, 0.2) is 0 Å². The lowest BCUT2D eigenvalue weighted by atomic mass is 10.1. The predicted octanol–water partition coefficient (Wildman–Crippen LogP) is 2.76. The summed E-state index contributed by atoms with van der Waals surface area (Å²) < 4.78 is 0. The maximum Gasteiger partial charge on any atom is 0.337 e. The Kier molecular flexibility index (Phi) is 4.66. The molecule has 3 N–H and O–H groups in total. The van der Waals surface area contributed by atoms with Gasteiger partial charge in [0.05, 0.1) is 11.3 Å². The van der Waals surface area contributed by atoms with Crippen molar-refractivity contribution in [2.24, 2.45) is 0 Å². The Labute approximate surface area is 107 Å². The standard InChI is InChI=1S/C11H9BrClNO2/c12-4-2-1-3-7-5-8(13)6-9(10(7)14)11(15)16/h5-6H,2,4,14H2,(H,15,16). The Balaban J connectivity index is 3.21. The predicted molar refractivity (Wildman–Crippen MR) is 68.1 cm³/mol. The number of hydrogen-bond donors (Lipinski definition) is 2. The quantitative estimate of drug-likeness (QED) is 0.501. The van der Waals surface area contributed by atoms with E-state index >= 15 is 0 Å². The second kappa shape index (κ2) is 5.78. The normalized spacial score (nSPS) is 9.38. The van der Waals surface area contributed by atoms with Crippen LogP contribution in [0.5, 0.6) is 0 Å². The van der Waals surface area contributed by atoms with Gasteiger partial charge in [0.1, 0.15) is 0 Å². The van der Waals surface area contributed by atoms with Crippen LogP contribution in [0, 0.1) is 11.8 Å². The molecule has 0 saturated heterocycles. The maximum atomic E-state index is 10.9. The highest BCUT2D eigenvalue weighted by molar-refractivity contribution is 9.09. The summed E-state index contributed by atoms with van der Waals surface area (Å²) in [6.45, 7) is 0. The highest BCUT2D eigenvalue weighted by Gasteiger charge is 2.11. The number of hydrogen-bond acceptors (Lipinski definition) is 2. The molecule has 0 aliphatic rings. The number of alkyl halides is 1. The SMILES string of the molecule is Nc1c(C#CCCBr)cc(Cl)cc1C(=O)O. The summed E-state index contributed by atoms with van der Waals surface area (Å²) in [5, 5.41) is 9.96. The van der Waals surface area contributed by atoms with E-state index in [4.69, 9.17) is 22.4 Å². The van der Waals surface area contributed by atoms with Crippen molar-refractivity contribution >= 4 is 39.2 Å². The van der Waals surface area contributed by atoms with E-state index in [0.29, 0.717) is 17.0 Å². The molecule has 0 saturated carbocycles. The first-order chi connectivity index (χ1) is 7.56. The average Bonchev–Trinajstić information content (AvgIpc) is 2.22. The third-order valence-electron chi connectivity index (χ3n) is 1.82. The Morgan fingerprint density at radius 3 is 2.81 bits per heavy atom. The second-order valence-electron chi connectivity index (χ2n) is 2.96. The molecule has 0 heterocycles.